The van der Waals surface area contributed by atoms with Crippen molar-refractivity contribution in [2.45, 2.75) is 18.6 Å². The second-order valence-corrected chi connectivity index (χ2v) is 5.37. The lowest BCUT2D eigenvalue weighted by molar-refractivity contribution is -0.162. The predicted octanol–water partition coefficient (Wildman–Crippen LogP) is 0.877. The molecule has 126 valence electrons. The number of halogens is 1. The van der Waals surface area contributed by atoms with Crippen LogP contribution >= 0.6 is 0 Å². The second-order valence-electron chi connectivity index (χ2n) is 5.37. The zero-order valence-corrected chi connectivity index (χ0v) is 13.3. The Kier molecular flexibility index (Phi) is 6.06. The topological polar surface area (TPSA) is 67.9 Å². The molecule has 0 aliphatic carbocycles. The van der Waals surface area contributed by atoms with Crippen LogP contribution in [0.15, 0.2) is 24.3 Å². The molecule has 0 unspecified atom stereocenters. The molecular formula is C16H21FN2O4. The lowest BCUT2D eigenvalue weighted by Gasteiger charge is -2.38. The Hall–Kier alpha value is -1.99. The molecule has 0 bridgehead atoms. The molecule has 1 aromatic carbocycles. The van der Waals surface area contributed by atoms with Gasteiger partial charge in [-0.05, 0) is 24.1 Å². The number of ether oxygens (including phenoxy) is 2. The molecule has 0 saturated carbocycles. The highest BCUT2D eigenvalue weighted by molar-refractivity contribution is 5.86. The van der Waals surface area contributed by atoms with Gasteiger partial charge in [0.05, 0.1) is 6.04 Å². The highest BCUT2D eigenvalue weighted by Crippen LogP contribution is 2.29. The minimum absolute atomic E-state index is 0.168. The van der Waals surface area contributed by atoms with Gasteiger partial charge < -0.3 is 19.7 Å². The molecule has 0 radical (unpaired) electrons. The molecule has 2 atom stereocenters. The van der Waals surface area contributed by atoms with E-state index in [0.29, 0.717) is 25.1 Å². The molecule has 6 nitrogen and oxygen atoms in total. The molecule has 1 aromatic rings. The monoisotopic (exact) mass is 324 g/mol. The standard InChI is InChI=1S/C16H21FN2O4/c1-19-13(20)10-23-15(16(21)18-7-4-8-22-2)14(19)11-5-3-6-12(17)9-11/h3,5-6,9,14-15H,4,7-8,10H2,1-2H3,(H,18,21)/t14-,15+/m1/s1. The van der Waals surface area contributed by atoms with E-state index in [0.717, 1.165) is 0 Å². The minimum Gasteiger partial charge on any atom is -0.385 e. The van der Waals surface area contributed by atoms with E-state index in [9.17, 15) is 14.0 Å². The fraction of sp³-hybridized carbons (Fsp3) is 0.500. The Morgan fingerprint density at radius 2 is 2.30 bits per heavy atom. The van der Waals surface area contributed by atoms with Crippen molar-refractivity contribution in [1.82, 2.24) is 10.2 Å². The number of nitrogens with zero attached hydrogens (tertiary/aromatic N) is 1. The van der Waals surface area contributed by atoms with Crippen molar-refractivity contribution < 1.29 is 23.5 Å². The van der Waals surface area contributed by atoms with Crippen LogP contribution in [0.1, 0.15) is 18.0 Å². The molecule has 2 rings (SSSR count). The quantitative estimate of drug-likeness (QED) is 0.789. The van der Waals surface area contributed by atoms with E-state index in [-0.39, 0.29) is 18.4 Å². The van der Waals surface area contributed by atoms with E-state index in [4.69, 9.17) is 9.47 Å². The molecule has 0 spiro atoms. The summed E-state index contributed by atoms with van der Waals surface area (Å²) < 4.78 is 23.9. The molecular weight excluding hydrogens is 303 g/mol. The van der Waals surface area contributed by atoms with Crippen molar-refractivity contribution in [2.75, 3.05) is 33.9 Å². The van der Waals surface area contributed by atoms with Gasteiger partial charge in [0.25, 0.3) is 5.91 Å². The predicted molar refractivity (Wildman–Crippen MR) is 81.2 cm³/mol. The number of nitrogens with one attached hydrogen (secondary N) is 1. The summed E-state index contributed by atoms with van der Waals surface area (Å²) in [6.45, 7) is 0.816. The highest BCUT2D eigenvalue weighted by atomic mass is 19.1. The minimum atomic E-state index is -0.873. The number of amides is 2. The molecule has 0 aromatic heterocycles. The summed E-state index contributed by atoms with van der Waals surface area (Å²) in [5, 5.41) is 2.76. The van der Waals surface area contributed by atoms with Gasteiger partial charge >= 0.3 is 0 Å². The average molecular weight is 324 g/mol. The molecule has 2 amide bonds. The average Bonchev–Trinajstić information content (AvgIpc) is 2.53. The van der Waals surface area contributed by atoms with Gasteiger partial charge in [0, 0.05) is 27.3 Å². The van der Waals surface area contributed by atoms with Gasteiger partial charge in [-0.25, -0.2) is 4.39 Å². The van der Waals surface area contributed by atoms with Gasteiger partial charge in [0.15, 0.2) is 6.10 Å². The first-order valence-electron chi connectivity index (χ1n) is 7.44. The maximum atomic E-state index is 13.5. The smallest absolute Gasteiger partial charge is 0.251 e. The fourth-order valence-electron chi connectivity index (χ4n) is 2.55. The second kappa shape index (κ2) is 8.03. The normalized spacial score (nSPS) is 21.3. The van der Waals surface area contributed by atoms with E-state index in [2.05, 4.69) is 5.32 Å². The summed E-state index contributed by atoms with van der Waals surface area (Å²) in [5.74, 6) is -0.995. The number of rotatable bonds is 6. The van der Waals surface area contributed by atoms with Gasteiger partial charge in [-0.1, -0.05) is 12.1 Å². The summed E-state index contributed by atoms with van der Waals surface area (Å²) in [5.41, 5.74) is 0.526. The van der Waals surface area contributed by atoms with E-state index in [1.54, 1.807) is 26.3 Å². The highest BCUT2D eigenvalue weighted by Gasteiger charge is 2.39. The van der Waals surface area contributed by atoms with Gasteiger partial charge in [-0.3, -0.25) is 9.59 Å². The zero-order valence-electron chi connectivity index (χ0n) is 13.3. The molecule has 23 heavy (non-hydrogen) atoms. The largest absolute Gasteiger partial charge is 0.385 e. The third kappa shape index (κ3) is 4.27. The number of carbonyl (C=O) groups excluding carboxylic acids is 2. The van der Waals surface area contributed by atoms with E-state index in [1.165, 1.54) is 17.0 Å². The summed E-state index contributed by atoms with van der Waals surface area (Å²) in [6.07, 6.45) is -0.198. The van der Waals surface area contributed by atoms with Crippen LogP contribution in [0.25, 0.3) is 0 Å². The Morgan fingerprint density at radius 1 is 1.52 bits per heavy atom. The van der Waals surface area contributed by atoms with Crippen molar-refractivity contribution >= 4 is 11.8 Å². The van der Waals surface area contributed by atoms with Crippen molar-refractivity contribution in [1.29, 1.82) is 0 Å². The maximum absolute atomic E-state index is 13.5. The van der Waals surface area contributed by atoms with Crippen LogP contribution in [0, 0.1) is 5.82 Å². The molecule has 7 heteroatoms. The third-order valence-corrected chi connectivity index (χ3v) is 3.76. The van der Waals surface area contributed by atoms with Crippen LogP contribution in [-0.4, -0.2) is 56.7 Å². The lowest BCUT2D eigenvalue weighted by Crippen LogP contribution is -2.53. The molecule has 1 heterocycles. The molecule has 1 N–H and O–H groups in total. The van der Waals surface area contributed by atoms with E-state index < -0.39 is 18.0 Å². The lowest BCUT2D eigenvalue weighted by atomic mass is 9.97. The van der Waals surface area contributed by atoms with Crippen molar-refractivity contribution in [3.05, 3.63) is 35.6 Å². The Labute approximate surface area is 134 Å². The number of hydrogen-bond acceptors (Lipinski definition) is 4. The van der Waals surface area contributed by atoms with Gasteiger partial charge in [-0.15, -0.1) is 0 Å². The number of likely N-dealkylation sites (N-methyl/N-ethyl adjacent to an activating group) is 1. The van der Waals surface area contributed by atoms with E-state index >= 15 is 0 Å². The third-order valence-electron chi connectivity index (χ3n) is 3.76. The van der Waals surface area contributed by atoms with Gasteiger partial charge in [0.2, 0.25) is 5.91 Å². The molecule has 1 aliphatic rings. The summed E-state index contributed by atoms with van der Waals surface area (Å²) in [7, 11) is 3.18. The summed E-state index contributed by atoms with van der Waals surface area (Å²) >= 11 is 0. The zero-order chi connectivity index (χ0) is 16.8. The summed E-state index contributed by atoms with van der Waals surface area (Å²) in [4.78, 5) is 25.7. The summed E-state index contributed by atoms with van der Waals surface area (Å²) in [6, 6.07) is 5.19. The van der Waals surface area contributed by atoms with Crippen LogP contribution in [0.3, 0.4) is 0 Å². The SMILES string of the molecule is COCCCNC(=O)[C@H]1OCC(=O)N(C)[C@@H]1c1cccc(F)c1. The van der Waals surface area contributed by atoms with Gasteiger partial charge in [-0.2, -0.15) is 0 Å². The van der Waals surface area contributed by atoms with Crippen molar-refractivity contribution in [3.63, 3.8) is 0 Å². The number of hydrogen-bond donors (Lipinski definition) is 1. The number of methoxy groups -OCH3 is 1. The first kappa shape index (κ1) is 17.4. The Bertz CT molecular complexity index is 567. The van der Waals surface area contributed by atoms with Crippen LogP contribution in [0.5, 0.6) is 0 Å². The molecule has 1 saturated heterocycles. The first-order valence-corrected chi connectivity index (χ1v) is 7.44. The van der Waals surface area contributed by atoms with E-state index in [1.807, 2.05) is 0 Å². The van der Waals surface area contributed by atoms with Crippen LogP contribution in [-0.2, 0) is 19.1 Å². The Morgan fingerprint density at radius 3 is 3.00 bits per heavy atom. The Balaban J connectivity index is 2.15. The van der Waals surface area contributed by atoms with Crippen LogP contribution < -0.4 is 5.32 Å². The fourth-order valence-corrected chi connectivity index (χ4v) is 2.55. The maximum Gasteiger partial charge on any atom is 0.251 e. The molecule has 1 aliphatic heterocycles. The number of benzene rings is 1. The number of morpholine rings is 1. The van der Waals surface area contributed by atoms with Crippen molar-refractivity contribution in [2.24, 2.45) is 0 Å². The number of carbonyl (C=O) groups is 2. The van der Waals surface area contributed by atoms with Crippen LogP contribution in [0.4, 0.5) is 4.39 Å². The van der Waals surface area contributed by atoms with Gasteiger partial charge in [0.1, 0.15) is 12.4 Å². The molecule has 1 fully saturated rings. The van der Waals surface area contributed by atoms with Crippen LogP contribution in [0.2, 0.25) is 0 Å². The first-order chi connectivity index (χ1) is 11.0. The van der Waals surface area contributed by atoms with Crippen molar-refractivity contribution in [3.8, 4) is 0 Å².